The highest BCUT2D eigenvalue weighted by molar-refractivity contribution is 8.00. The molecule has 1 aliphatic rings. The number of nitrogens with one attached hydrogen (secondary N) is 1. The molecule has 6 nitrogen and oxygen atoms in total. The first-order valence-corrected chi connectivity index (χ1v) is 8.60. The van der Waals surface area contributed by atoms with Crippen molar-refractivity contribution in [3.05, 3.63) is 35.5 Å². The van der Waals surface area contributed by atoms with E-state index in [1.807, 2.05) is 24.3 Å². The molecule has 0 bridgehead atoms. The van der Waals surface area contributed by atoms with Crippen molar-refractivity contribution in [3.8, 4) is 0 Å². The average Bonchev–Trinajstić information content (AvgIpc) is 2.85. The number of β-amino-alcohol motifs (C(OH)–C–C–N with tert-alkyl or cyclic N) is 1. The lowest BCUT2D eigenvalue weighted by atomic mass is 10.2. The molecule has 0 spiro atoms. The molecule has 130 valence electrons. The first-order chi connectivity index (χ1) is 11.5. The number of esters is 1. The van der Waals surface area contributed by atoms with Crippen molar-refractivity contribution in [2.75, 3.05) is 32.1 Å². The number of aliphatic hydroxyl groups is 1. The number of thioether (sulfide) groups is 1. The molecule has 0 radical (unpaired) electrons. The number of hydrogen-bond donors (Lipinski definition) is 2. The standard InChI is InChI=1S/C17H22N2O4S/c1-11(2)24-14-7-5-4-6-13(14)18-15-12(17(22)23-3)10-19(8-9-20)16(15)21/h4-7,11,18,20H,8-10H2,1-3H3. The summed E-state index contributed by atoms with van der Waals surface area (Å²) in [7, 11) is 1.29. The van der Waals surface area contributed by atoms with Crippen LogP contribution in [0.5, 0.6) is 0 Å². The predicted octanol–water partition coefficient (Wildman–Crippen LogP) is 1.86. The van der Waals surface area contributed by atoms with Gasteiger partial charge in [-0.1, -0.05) is 26.0 Å². The Morgan fingerprint density at radius 1 is 1.42 bits per heavy atom. The molecule has 0 saturated carbocycles. The van der Waals surface area contributed by atoms with Gasteiger partial charge in [-0.15, -0.1) is 11.8 Å². The SMILES string of the molecule is COC(=O)C1=C(Nc2ccccc2SC(C)C)C(=O)N(CCO)C1. The molecule has 0 saturated heterocycles. The third-order valence-electron chi connectivity index (χ3n) is 3.46. The summed E-state index contributed by atoms with van der Waals surface area (Å²) in [6.07, 6.45) is 0. The number of nitrogens with zero attached hydrogens (tertiary/aromatic N) is 1. The smallest absolute Gasteiger partial charge is 0.337 e. The Hall–Kier alpha value is -1.99. The van der Waals surface area contributed by atoms with E-state index in [0.29, 0.717) is 5.25 Å². The second-order valence-corrected chi connectivity index (χ2v) is 7.20. The summed E-state index contributed by atoms with van der Waals surface area (Å²) in [5.41, 5.74) is 1.26. The number of anilines is 1. The van der Waals surface area contributed by atoms with Crippen molar-refractivity contribution in [1.82, 2.24) is 4.90 Å². The Balaban J connectivity index is 2.34. The van der Waals surface area contributed by atoms with Gasteiger partial charge in [0.25, 0.3) is 5.91 Å². The molecule has 1 aromatic rings. The second kappa shape index (κ2) is 8.21. The molecule has 7 heteroatoms. The van der Waals surface area contributed by atoms with Crippen molar-refractivity contribution in [1.29, 1.82) is 0 Å². The summed E-state index contributed by atoms with van der Waals surface area (Å²) in [4.78, 5) is 27.0. The highest BCUT2D eigenvalue weighted by Gasteiger charge is 2.34. The van der Waals surface area contributed by atoms with Gasteiger partial charge >= 0.3 is 5.97 Å². The zero-order valence-electron chi connectivity index (χ0n) is 14.0. The van der Waals surface area contributed by atoms with Gasteiger partial charge in [-0.2, -0.15) is 0 Å². The highest BCUT2D eigenvalue weighted by atomic mass is 32.2. The third-order valence-corrected chi connectivity index (χ3v) is 4.54. The van der Waals surface area contributed by atoms with Crippen molar-refractivity contribution in [2.24, 2.45) is 0 Å². The summed E-state index contributed by atoms with van der Waals surface area (Å²) in [5.74, 6) is -0.853. The van der Waals surface area contributed by atoms with Crippen LogP contribution in [0.2, 0.25) is 0 Å². The van der Waals surface area contributed by atoms with E-state index in [1.165, 1.54) is 12.0 Å². The van der Waals surface area contributed by atoms with Gasteiger partial charge in [-0.25, -0.2) is 4.79 Å². The van der Waals surface area contributed by atoms with Crippen LogP contribution < -0.4 is 5.32 Å². The summed E-state index contributed by atoms with van der Waals surface area (Å²) in [5, 5.41) is 12.6. The van der Waals surface area contributed by atoms with Gasteiger partial charge in [-0.05, 0) is 12.1 Å². The van der Waals surface area contributed by atoms with E-state index >= 15 is 0 Å². The number of methoxy groups -OCH3 is 1. The molecule has 1 amide bonds. The molecule has 0 atom stereocenters. The summed E-state index contributed by atoms with van der Waals surface area (Å²) >= 11 is 1.67. The van der Waals surface area contributed by atoms with Crippen LogP contribution in [0.25, 0.3) is 0 Å². The van der Waals surface area contributed by atoms with Gasteiger partial charge in [0.05, 0.1) is 31.5 Å². The lowest BCUT2D eigenvalue weighted by Crippen LogP contribution is -2.31. The van der Waals surface area contributed by atoms with Crippen molar-refractivity contribution < 1.29 is 19.4 Å². The summed E-state index contributed by atoms with van der Waals surface area (Å²) in [6.45, 7) is 4.32. The number of ether oxygens (including phenoxy) is 1. The fourth-order valence-corrected chi connectivity index (χ4v) is 3.32. The van der Waals surface area contributed by atoms with Crippen LogP contribution in [0.4, 0.5) is 5.69 Å². The van der Waals surface area contributed by atoms with Crippen molar-refractivity contribution in [3.63, 3.8) is 0 Å². The van der Waals surface area contributed by atoms with Crippen LogP contribution in [-0.4, -0.2) is 53.9 Å². The normalized spacial score (nSPS) is 14.5. The van der Waals surface area contributed by atoms with Crippen LogP contribution in [0, 0.1) is 0 Å². The minimum atomic E-state index is -0.541. The van der Waals surface area contributed by atoms with Gasteiger partial charge < -0.3 is 20.1 Å². The number of hydrogen-bond acceptors (Lipinski definition) is 6. The van der Waals surface area contributed by atoms with Crippen molar-refractivity contribution in [2.45, 2.75) is 24.0 Å². The molecule has 1 aliphatic heterocycles. The number of para-hydroxylation sites is 1. The molecule has 0 unspecified atom stereocenters. The molecule has 1 heterocycles. The number of aliphatic hydroxyl groups excluding tert-OH is 1. The van der Waals surface area contributed by atoms with Crippen LogP contribution in [0.3, 0.4) is 0 Å². The van der Waals surface area contributed by atoms with Crippen LogP contribution in [-0.2, 0) is 14.3 Å². The minimum absolute atomic E-state index is 0.133. The van der Waals surface area contributed by atoms with Crippen molar-refractivity contribution >= 4 is 29.3 Å². The lowest BCUT2D eigenvalue weighted by Gasteiger charge is -2.16. The molecular weight excluding hydrogens is 328 g/mol. The van der Waals surface area contributed by atoms with E-state index in [2.05, 4.69) is 19.2 Å². The molecule has 1 aromatic carbocycles. The minimum Gasteiger partial charge on any atom is -0.466 e. The molecule has 2 N–H and O–H groups in total. The molecule has 0 aliphatic carbocycles. The van der Waals surface area contributed by atoms with E-state index < -0.39 is 5.97 Å². The van der Waals surface area contributed by atoms with Gasteiger partial charge in [0, 0.05) is 16.7 Å². The lowest BCUT2D eigenvalue weighted by molar-refractivity contribution is -0.136. The van der Waals surface area contributed by atoms with E-state index in [9.17, 15) is 9.59 Å². The average molecular weight is 350 g/mol. The Kier molecular flexibility index (Phi) is 6.28. The summed E-state index contributed by atoms with van der Waals surface area (Å²) in [6, 6.07) is 7.64. The van der Waals surface area contributed by atoms with Gasteiger partial charge in [0.2, 0.25) is 0 Å². The maximum absolute atomic E-state index is 12.5. The zero-order chi connectivity index (χ0) is 17.7. The number of benzene rings is 1. The highest BCUT2D eigenvalue weighted by Crippen LogP contribution is 2.32. The Labute approximate surface area is 145 Å². The first-order valence-electron chi connectivity index (χ1n) is 7.72. The molecule has 24 heavy (non-hydrogen) atoms. The Bertz CT molecular complexity index is 658. The third kappa shape index (κ3) is 4.10. The summed E-state index contributed by atoms with van der Waals surface area (Å²) < 4.78 is 4.79. The maximum atomic E-state index is 12.5. The molecule has 0 aromatic heterocycles. The molecule has 0 fully saturated rings. The maximum Gasteiger partial charge on any atom is 0.337 e. The van der Waals surface area contributed by atoms with E-state index in [-0.39, 0.29) is 36.9 Å². The van der Waals surface area contributed by atoms with Gasteiger partial charge in [0.1, 0.15) is 5.70 Å². The fraction of sp³-hybridized carbons (Fsp3) is 0.412. The van der Waals surface area contributed by atoms with Crippen LogP contribution >= 0.6 is 11.8 Å². The number of carbonyl (C=O) groups is 2. The monoisotopic (exact) mass is 350 g/mol. The topological polar surface area (TPSA) is 78.9 Å². The number of rotatable bonds is 7. The zero-order valence-corrected chi connectivity index (χ0v) is 14.9. The van der Waals surface area contributed by atoms with Gasteiger partial charge in [-0.3, -0.25) is 4.79 Å². The van der Waals surface area contributed by atoms with Crippen LogP contribution in [0.1, 0.15) is 13.8 Å². The number of amides is 1. The molecule has 2 rings (SSSR count). The predicted molar refractivity (Wildman–Crippen MR) is 93.8 cm³/mol. The van der Waals surface area contributed by atoms with Gasteiger partial charge in [0.15, 0.2) is 0 Å². The van der Waals surface area contributed by atoms with E-state index in [1.54, 1.807) is 11.8 Å². The van der Waals surface area contributed by atoms with E-state index in [4.69, 9.17) is 9.84 Å². The first kappa shape index (κ1) is 18.4. The molecular formula is C17H22N2O4S. The quantitative estimate of drug-likeness (QED) is 0.577. The second-order valence-electron chi connectivity index (χ2n) is 5.58. The van der Waals surface area contributed by atoms with Crippen LogP contribution in [0.15, 0.2) is 40.4 Å². The Morgan fingerprint density at radius 3 is 2.75 bits per heavy atom. The Morgan fingerprint density at radius 2 is 2.12 bits per heavy atom. The fourth-order valence-electron chi connectivity index (χ4n) is 2.41. The largest absolute Gasteiger partial charge is 0.466 e. The number of carbonyl (C=O) groups excluding carboxylic acids is 2. The van der Waals surface area contributed by atoms with E-state index in [0.717, 1.165) is 10.6 Å².